The van der Waals surface area contributed by atoms with Gasteiger partial charge >= 0.3 is 0 Å². The number of alkyl halides is 2. The molecular formula is C26H44F2N6O2. The van der Waals surface area contributed by atoms with E-state index in [1.54, 1.807) is 0 Å². The van der Waals surface area contributed by atoms with Crippen molar-refractivity contribution in [1.82, 2.24) is 15.5 Å². The monoisotopic (exact) mass is 510 g/mol. The zero-order valence-electron chi connectivity index (χ0n) is 21.3. The van der Waals surface area contributed by atoms with Gasteiger partial charge in [-0.1, -0.05) is 6.42 Å². The summed E-state index contributed by atoms with van der Waals surface area (Å²) in [6, 6.07) is -0.135. The fourth-order valence-electron chi connectivity index (χ4n) is 7.15. The van der Waals surface area contributed by atoms with E-state index < -0.39 is 5.92 Å². The number of nitrogens with one attached hydrogen (secondary N) is 3. The lowest BCUT2D eigenvalue weighted by atomic mass is 9.77. The number of hydrogen-bond acceptors (Lipinski definition) is 5. The number of rotatable bonds is 8. The average Bonchev–Trinajstić information content (AvgIpc) is 3.18. The topological polar surface area (TPSA) is 137 Å². The minimum atomic E-state index is -2.62. The largest absolute Gasteiger partial charge is 0.387 e. The van der Waals surface area contributed by atoms with Crippen molar-refractivity contribution in [3.05, 3.63) is 0 Å². The van der Waals surface area contributed by atoms with Crippen LogP contribution < -0.4 is 22.1 Å². The molecule has 0 spiro atoms. The lowest BCUT2D eigenvalue weighted by Gasteiger charge is -2.40. The molecule has 36 heavy (non-hydrogen) atoms. The molecule has 1 aliphatic heterocycles. The number of carbonyl (C=O) groups is 2. The average molecular weight is 511 g/mol. The number of hydrogen-bond donors (Lipinski definition) is 5. The van der Waals surface area contributed by atoms with Gasteiger partial charge in [0.2, 0.25) is 17.7 Å². The molecule has 8 nitrogen and oxygen atoms in total. The first kappa shape index (κ1) is 27.2. The molecule has 3 aliphatic carbocycles. The summed E-state index contributed by atoms with van der Waals surface area (Å²) < 4.78 is 27.2. The molecule has 2 amide bonds. The normalized spacial score (nSPS) is 35.1. The minimum absolute atomic E-state index is 0.00344. The van der Waals surface area contributed by atoms with E-state index in [9.17, 15) is 18.4 Å². The zero-order chi connectivity index (χ0) is 25.9. The fraction of sp³-hybridized carbons (Fsp3) is 0.885. The summed E-state index contributed by atoms with van der Waals surface area (Å²) in [6.45, 7) is 1.11. The molecular weight excluding hydrogens is 466 g/mol. The lowest BCUT2D eigenvalue weighted by Crippen LogP contribution is -2.52. The molecule has 1 saturated heterocycles. The van der Waals surface area contributed by atoms with Gasteiger partial charge in [0.1, 0.15) is 0 Å². The molecule has 4 aliphatic rings. The standard InChI is InChI=1S/C26H44F2N6O2/c27-26(28)9-6-19(7-10-26)33-25(36)22-13-17-4-5-18(24(30)31)14-21(17)34(22)15-16-2-1-3-20(12-16)32-23(35)8-11-29/h16-22H,1-15,29H2,(H3,30,31)(H,32,35)(H,33,36). The van der Waals surface area contributed by atoms with E-state index in [0.717, 1.165) is 57.9 Å². The van der Waals surface area contributed by atoms with Gasteiger partial charge in [0, 0.05) is 56.4 Å². The van der Waals surface area contributed by atoms with E-state index in [1.165, 1.54) is 0 Å². The Morgan fingerprint density at radius 3 is 2.42 bits per heavy atom. The highest BCUT2D eigenvalue weighted by Crippen LogP contribution is 2.43. The minimum Gasteiger partial charge on any atom is -0.387 e. The SMILES string of the molecule is N=C(N)C1CCC2CC(C(=O)NC3CCC(F)(F)CC3)N(CC3CCCC(NC(=O)CCN)C3)C2C1. The molecule has 4 fully saturated rings. The molecule has 6 atom stereocenters. The summed E-state index contributed by atoms with van der Waals surface area (Å²) in [5, 5.41) is 14.2. The molecule has 10 heteroatoms. The molecule has 0 bridgehead atoms. The summed E-state index contributed by atoms with van der Waals surface area (Å²) in [7, 11) is 0. The summed E-state index contributed by atoms with van der Waals surface area (Å²) in [5.41, 5.74) is 11.4. The number of likely N-dealkylation sites (tertiary alicyclic amines) is 1. The van der Waals surface area contributed by atoms with Crippen LogP contribution in [0.1, 0.15) is 83.5 Å². The molecule has 0 aromatic heterocycles. The molecule has 204 valence electrons. The van der Waals surface area contributed by atoms with E-state index in [2.05, 4.69) is 15.5 Å². The first-order valence-electron chi connectivity index (χ1n) is 13.9. The van der Waals surface area contributed by atoms with Gasteiger partial charge in [-0.15, -0.1) is 0 Å². The van der Waals surface area contributed by atoms with Gasteiger partial charge in [-0.2, -0.15) is 0 Å². The fourth-order valence-corrected chi connectivity index (χ4v) is 7.15. The quantitative estimate of drug-likeness (QED) is 0.252. The maximum absolute atomic E-state index is 13.6. The maximum Gasteiger partial charge on any atom is 0.248 e. The Bertz CT molecular complexity index is 801. The predicted octanol–water partition coefficient (Wildman–Crippen LogP) is 2.50. The van der Waals surface area contributed by atoms with Gasteiger partial charge in [0.25, 0.3) is 0 Å². The summed E-state index contributed by atoms with van der Waals surface area (Å²) in [5.74, 6) is -1.64. The van der Waals surface area contributed by atoms with Crippen LogP contribution in [0.4, 0.5) is 8.78 Å². The van der Waals surface area contributed by atoms with Crippen LogP contribution in [-0.2, 0) is 9.59 Å². The zero-order valence-corrected chi connectivity index (χ0v) is 21.3. The van der Waals surface area contributed by atoms with E-state index in [1.807, 2.05) is 0 Å². The highest BCUT2D eigenvalue weighted by atomic mass is 19.3. The van der Waals surface area contributed by atoms with Gasteiger partial charge in [-0.3, -0.25) is 19.9 Å². The summed E-state index contributed by atoms with van der Waals surface area (Å²) in [6.07, 6.45) is 7.96. The number of amides is 2. The predicted molar refractivity (Wildman–Crippen MR) is 135 cm³/mol. The van der Waals surface area contributed by atoms with Crippen molar-refractivity contribution in [1.29, 1.82) is 5.41 Å². The van der Waals surface area contributed by atoms with Crippen molar-refractivity contribution in [3.63, 3.8) is 0 Å². The molecule has 0 radical (unpaired) electrons. The molecule has 3 saturated carbocycles. The lowest BCUT2D eigenvalue weighted by molar-refractivity contribution is -0.128. The van der Waals surface area contributed by atoms with Crippen LogP contribution in [0.2, 0.25) is 0 Å². The van der Waals surface area contributed by atoms with Crippen LogP contribution in [0.25, 0.3) is 0 Å². The first-order valence-corrected chi connectivity index (χ1v) is 13.9. The van der Waals surface area contributed by atoms with Gasteiger partial charge in [-0.05, 0) is 69.6 Å². The molecule has 0 aromatic carbocycles. The summed E-state index contributed by atoms with van der Waals surface area (Å²) in [4.78, 5) is 27.9. The maximum atomic E-state index is 13.6. The molecule has 4 rings (SSSR count). The van der Waals surface area contributed by atoms with Gasteiger partial charge in [0.15, 0.2) is 0 Å². The van der Waals surface area contributed by atoms with Gasteiger partial charge < -0.3 is 22.1 Å². The smallest absolute Gasteiger partial charge is 0.248 e. The Kier molecular flexibility index (Phi) is 8.86. The number of carbonyl (C=O) groups excluding carboxylic acids is 2. The van der Waals surface area contributed by atoms with Crippen molar-refractivity contribution in [2.24, 2.45) is 29.2 Å². The van der Waals surface area contributed by atoms with Gasteiger partial charge in [-0.25, -0.2) is 8.78 Å². The summed E-state index contributed by atoms with van der Waals surface area (Å²) >= 11 is 0. The van der Waals surface area contributed by atoms with E-state index in [-0.39, 0.29) is 60.6 Å². The van der Waals surface area contributed by atoms with Crippen molar-refractivity contribution in [2.75, 3.05) is 13.1 Å². The number of fused-ring (bicyclic) bond motifs is 1. The second kappa shape index (κ2) is 11.7. The van der Waals surface area contributed by atoms with Gasteiger partial charge in [0.05, 0.1) is 11.9 Å². The van der Waals surface area contributed by atoms with Crippen molar-refractivity contribution < 1.29 is 18.4 Å². The van der Waals surface area contributed by atoms with Crippen molar-refractivity contribution in [2.45, 2.75) is 114 Å². The molecule has 1 heterocycles. The number of halogens is 2. The van der Waals surface area contributed by atoms with Crippen LogP contribution >= 0.6 is 0 Å². The third kappa shape index (κ3) is 6.73. The Morgan fingerprint density at radius 2 is 1.72 bits per heavy atom. The Morgan fingerprint density at radius 1 is 0.972 bits per heavy atom. The van der Waals surface area contributed by atoms with E-state index in [4.69, 9.17) is 16.9 Å². The van der Waals surface area contributed by atoms with Crippen LogP contribution in [-0.4, -0.2) is 65.7 Å². The van der Waals surface area contributed by atoms with Crippen LogP contribution in [0.15, 0.2) is 0 Å². The van der Waals surface area contributed by atoms with E-state index in [0.29, 0.717) is 37.6 Å². The van der Waals surface area contributed by atoms with Crippen molar-refractivity contribution in [3.8, 4) is 0 Å². The number of amidine groups is 1. The molecule has 6 unspecified atom stereocenters. The van der Waals surface area contributed by atoms with Crippen LogP contribution in [0.3, 0.4) is 0 Å². The Hall–Kier alpha value is -1.81. The first-order chi connectivity index (χ1) is 17.1. The number of nitrogens with two attached hydrogens (primary N) is 2. The van der Waals surface area contributed by atoms with E-state index >= 15 is 0 Å². The third-order valence-electron chi connectivity index (χ3n) is 9.10. The second-order valence-corrected chi connectivity index (χ2v) is 11.7. The molecule has 7 N–H and O–H groups in total. The van der Waals surface area contributed by atoms with Crippen LogP contribution in [0.5, 0.6) is 0 Å². The number of nitrogens with zero attached hydrogens (tertiary/aromatic N) is 1. The second-order valence-electron chi connectivity index (χ2n) is 11.7. The highest BCUT2D eigenvalue weighted by Gasteiger charge is 2.48. The third-order valence-corrected chi connectivity index (χ3v) is 9.10. The van der Waals surface area contributed by atoms with Crippen molar-refractivity contribution >= 4 is 17.6 Å². The Balaban J connectivity index is 1.43. The highest BCUT2D eigenvalue weighted by molar-refractivity contribution is 5.83. The van der Waals surface area contributed by atoms with Crippen LogP contribution in [0, 0.1) is 23.2 Å². The molecule has 0 aromatic rings. The Labute approximate surface area is 213 Å².